The van der Waals surface area contributed by atoms with Crippen molar-refractivity contribution in [3.05, 3.63) is 83.4 Å². The summed E-state index contributed by atoms with van der Waals surface area (Å²) >= 11 is 1.10. The lowest BCUT2D eigenvalue weighted by Gasteiger charge is -2.25. The molecule has 1 atom stereocenters. The second-order valence-corrected chi connectivity index (χ2v) is 12.8. The Morgan fingerprint density at radius 2 is 1.73 bits per heavy atom. The van der Waals surface area contributed by atoms with Gasteiger partial charge in [0.15, 0.2) is 16.7 Å². The number of fused-ring (bicyclic) bond motifs is 4. The van der Waals surface area contributed by atoms with Crippen LogP contribution >= 0.6 is 11.8 Å². The molecule has 6 rings (SSSR count). The summed E-state index contributed by atoms with van der Waals surface area (Å²) < 4.78 is 33.6. The van der Waals surface area contributed by atoms with Crippen LogP contribution in [0.3, 0.4) is 0 Å². The fourth-order valence-corrected chi connectivity index (χ4v) is 6.25. The van der Waals surface area contributed by atoms with Gasteiger partial charge in [-0.2, -0.15) is 0 Å². The van der Waals surface area contributed by atoms with Crippen molar-refractivity contribution in [1.29, 1.82) is 0 Å². The van der Waals surface area contributed by atoms with E-state index >= 15 is 0 Å². The predicted octanol–water partition coefficient (Wildman–Crippen LogP) is 1.82. The monoisotopic (exact) mass is 648 g/mol. The maximum absolute atomic E-state index is 13.5. The van der Waals surface area contributed by atoms with Crippen molar-refractivity contribution in [2.45, 2.75) is 30.3 Å². The molecule has 3 aliphatic heterocycles. The molecule has 0 radical (unpaired) electrons. The van der Waals surface area contributed by atoms with E-state index in [1.165, 1.54) is 17.0 Å². The number of nitrogens with zero attached hydrogens (tertiary/aromatic N) is 3. The van der Waals surface area contributed by atoms with E-state index < -0.39 is 22.0 Å². The molecule has 0 spiro atoms. The van der Waals surface area contributed by atoms with E-state index in [0.29, 0.717) is 46.7 Å². The van der Waals surface area contributed by atoms with E-state index in [-0.39, 0.29) is 42.2 Å². The first kappa shape index (κ1) is 30.3. The van der Waals surface area contributed by atoms with Crippen molar-refractivity contribution < 1.29 is 32.3 Å². The topological polar surface area (TPSA) is 182 Å². The molecule has 0 unspecified atom stereocenters. The van der Waals surface area contributed by atoms with Gasteiger partial charge >= 0.3 is 0 Å². The number of hydrogen-bond donors (Lipinski definition) is 3. The summed E-state index contributed by atoms with van der Waals surface area (Å²) in [7, 11) is -3.77. The van der Waals surface area contributed by atoms with Gasteiger partial charge < -0.3 is 20.1 Å². The molecule has 0 fully saturated rings. The number of para-hydroxylation sites is 1. The van der Waals surface area contributed by atoms with Gasteiger partial charge in [-0.05, 0) is 53.9 Å². The Labute approximate surface area is 262 Å². The van der Waals surface area contributed by atoms with Crippen LogP contribution in [0.2, 0.25) is 0 Å². The zero-order chi connectivity index (χ0) is 31.6. The highest BCUT2D eigenvalue weighted by atomic mass is 32.2. The fraction of sp³-hybridized carbons (Fsp3) is 0.233. The Balaban J connectivity index is 1.05. The molecule has 45 heavy (non-hydrogen) atoms. The lowest BCUT2D eigenvalue weighted by molar-refractivity contribution is -0.128. The quantitative estimate of drug-likeness (QED) is 0.298. The number of nitrogens with one attached hydrogen (secondary N) is 2. The van der Waals surface area contributed by atoms with Crippen LogP contribution < -0.4 is 25.2 Å². The van der Waals surface area contributed by atoms with Crippen molar-refractivity contribution >= 4 is 56.2 Å². The first-order chi connectivity index (χ1) is 21.7. The number of sulfonamides is 1. The van der Waals surface area contributed by atoms with Crippen molar-refractivity contribution in [2.24, 2.45) is 15.1 Å². The smallest absolute Gasteiger partial charge is 0.259 e. The minimum absolute atomic E-state index is 0.0108. The van der Waals surface area contributed by atoms with Gasteiger partial charge in [-0.1, -0.05) is 42.1 Å². The van der Waals surface area contributed by atoms with Crippen molar-refractivity contribution in [3.63, 3.8) is 0 Å². The number of carbonyl (C=O) groups is 3. The largest absolute Gasteiger partial charge is 0.454 e. The van der Waals surface area contributed by atoms with Crippen molar-refractivity contribution in [3.8, 4) is 11.5 Å². The molecule has 15 heteroatoms. The molecule has 3 aromatic carbocycles. The summed E-state index contributed by atoms with van der Waals surface area (Å²) in [5.41, 5.74) is 2.93. The van der Waals surface area contributed by atoms with Gasteiger partial charge in [0.25, 0.3) is 5.91 Å². The predicted molar refractivity (Wildman–Crippen MR) is 167 cm³/mol. The molecular weight excluding hydrogens is 620 g/mol. The first-order valence-corrected chi connectivity index (χ1v) is 16.5. The highest BCUT2D eigenvalue weighted by molar-refractivity contribution is 8.14. The van der Waals surface area contributed by atoms with Gasteiger partial charge in [0, 0.05) is 18.7 Å². The zero-order valence-corrected chi connectivity index (χ0v) is 25.4. The van der Waals surface area contributed by atoms with Gasteiger partial charge in [-0.15, -0.1) is 0 Å². The second kappa shape index (κ2) is 12.7. The Morgan fingerprint density at radius 1 is 0.978 bits per heavy atom. The van der Waals surface area contributed by atoms with Crippen LogP contribution in [0, 0.1) is 0 Å². The number of hydrogen-bond acceptors (Lipinski definition) is 10. The number of rotatable bonds is 10. The number of ether oxygens (including phenoxy) is 2. The van der Waals surface area contributed by atoms with Gasteiger partial charge in [0.1, 0.15) is 11.9 Å². The van der Waals surface area contributed by atoms with Crippen molar-refractivity contribution in [2.75, 3.05) is 19.1 Å². The number of amidine groups is 2. The third-order valence-electron chi connectivity index (χ3n) is 7.17. The lowest BCUT2D eigenvalue weighted by Crippen LogP contribution is -2.42. The summed E-state index contributed by atoms with van der Waals surface area (Å²) in [4.78, 5) is 49.6. The molecular formula is C30H28N6O7S2. The van der Waals surface area contributed by atoms with Crippen LogP contribution in [0.4, 0.5) is 5.69 Å². The molecule has 0 saturated heterocycles. The molecule has 4 N–H and O–H groups in total. The molecule has 3 aliphatic rings. The molecule has 232 valence electrons. The van der Waals surface area contributed by atoms with E-state index in [1.807, 2.05) is 24.3 Å². The van der Waals surface area contributed by atoms with Crippen LogP contribution in [0.1, 0.15) is 23.1 Å². The Hall–Kier alpha value is -4.73. The summed E-state index contributed by atoms with van der Waals surface area (Å²) in [5.74, 6) is 0.642. The standard InChI is InChI=1S/C30H28N6O7S2/c31-45(40,41)20-8-5-18(6-9-20)11-12-32-27(38)16-44-30-35-22-4-2-1-3-21(22)28-34-23(29(39)36(28)30)14-26(37)33-15-19-7-10-24-25(13-19)43-17-42-24/h1-10,13,23H,11-12,14-17H2,(H,32,38)(H,33,37)(H2,31,40,41)/t23-/m0/s1. The molecule has 3 amide bonds. The summed E-state index contributed by atoms with van der Waals surface area (Å²) in [6.45, 7) is 0.728. The van der Waals surface area contributed by atoms with E-state index in [4.69, 9.17) is 14.6 Å². The van der Waals surface area contributed by atoms with Crippen LogP contribution in [0.15, 0.2) is 81.6 Å². The number of carbonyl (C=O) groups excluding carboxylic acids is 3. The number of benzene rings is 3. The Bertz CT molecular complexity index is 1840. The highest BCUT2D eigenvalue weighted by Crippen LogP contribution is 2.34. The highest BCUT2D eigenvalue weighted by Gasteiger charge is 2.42. The number of amides is 3. The number of primary sulfonamides is 1. The average Bonchev–Trinajstić information content (AvgIpc) is 3.63. The lowest BCUT2D eigenvalue weighted by atomic mass is 10.1. The van der Waals surface area contributed by atoms with Crippen LogP contribution in [0.5, 0.6) is 11.5 Å². The third kappa shape index (κ3) is 6.84. The summed E-state index contributed by atoms with van der Waals surface area (Å²) in [6, 6.07) is 17.8. The molecule has 0 aliphatic carbocycles. The minimum Gasteiger partial charge on any atom is -0.454 e. The maximum atomic E-state index is 13.5. The molecule has 0 aromatic heterocycles. The van der Waals surface area contributed by atoms with Gasteiger partial charge in [-0.25, -0.2) is 23.4 Å². The summed E-state index contributed by atoms with van der Waals surface area (Å²) in [6.07, 6.45) is 0.331. The number of aliphatic imine (C=N–C) groups is 2. The van der Waals surface area contributed by atoms with Gasteiger partial charge in [0.05, 0.1) is 22.8 Å². The molecule has 13 nitrogen and oxygen atoms in total. The van der Waals surface area contributed by atoms with Gasteiger partial charge in [0.2, 0.25) is 28.6 Å². The zero-order valence-electron chi connectivity index (χ0n) is 23.8. The normalized spacial score (nSPS) is 16.4. The third-order valence-corrected chi connectivity index (χ3v) is 9.04. The Kier molecular flexibility index (Phi) is 8.56. The molecule has 0 saturated carbocycles. The van der Waals surface area contributed by atoms with E-state index in [2.05, 4.69) is 20.6 Å². The van der Waals surface area contributed by atoms with E-state index in [1.54, 1.807) is 30.3 Å². The minimum atomic E-state index is -3.77. The van der Waals surface area contributed by atoms with Gasteiger partial charge in [-0.3, -0.25) is 19.4 Å². The van der Waals surface area contributed by atoms with Crippen molar-refractivity contribution in [1.82, 2.24) is 15.5 Å². The molecule has 3 heterocycles. The first-order valence-electron chi connectivity index (χ1n) is 13.9. The van der Waals surface area contributed by atoms with Crippen LogP contribution in [-0.4, -0.2) is 67.2 Å². The number of nitrogens with two attached hydrogens (primary N) is 1. The van der Waals surface area contributed by atoms with Crippen LogP contribution in [0.25, 0.3) is 0 Å². The Morgan fingerprint density at radius 3 is 2.53 bits per heavy atom. The fourth-order valence-electron chi connectivity index (χ4n) is 4.90. The van der Waals surface area contributed by atoms with Crippen LogP contribution in [-0.2, 0) is 37.4 Å². The number of thioether (sulfide) groups is 1. The molecule has 3 aromatic rings. The second-order valence-electron chi connectivity index (χ2n) is 10.3. The summed E-state index contributed by atoms with van der Waals surface area (Å²) in [5, 5.41) is 11.1. The van der Waals surface area contributed by atoms with E-state index in [0.717, 1.165) is 22.9 Å². The molecule has 0 bridgehead atoms. The van der Waals surface area contributed by atoms with E-state index in [9.17, 15) is 22.8 Å². The average molecular weight is 649 g/mol. The maximum Gasteiger partial charge on any atom is 0.259 e. The SMILES string of the molecule is NS(=O)(=O)c1ccc(CCNC(=O)CSC2=Nc3ccccc3C3=N[C@@H](CC(=O)NCc4ccc5c(c4)OCO5)C(=O)N23)cc1.